The van der Waals surface area contributed by atoms with Crippen LogP contribution in [-0.2, 0) is 4.79 Å². The van der Waals surface area contributed by atoms with Gasteiger partial charge in [0.15, 0.2) is 0 Å². The Morgan fingerprint density at radius 3 is 2.39 bits per heavy atom. The second-order valence-corrected chi connectivity index (χ2v) is 9.95. The number of ether oxygens (including phenoxy) is 1. The van der Waals surface area contributed by atoms with Crippen LogP contribution in [0.15, 0.2) is 84.0 Å². The molecule has 38 heavy (non-hydrogen) atoms. The Kier molecular flexibility index (Phi) is 7.86. The summed E-state index contributed by atoms with van der Waals surface area (Å²) in [7, 11) is 0. The molecule has 0 atom stereocenters. The van der Waals surface area contributed by atoms with Crippen molar-refractivity contribution in [3.05, 3.63) is 90.0 Å². The predicted octanol–water partition coefficient (Wildman–Crippen LogP) is 6.44. The summed E-state index contributed by atoms with van der Waals surface area (Å²) < 4.78 is 5.54. The average molecular weight is 509 g/mol. The Bertz CT molecular complexity index is 1500. The zero-order valence-corrected chi connectivity index (χ0v) is 22.3. The lowest BCUT2D eigenvalue weighted by Gasteiger charge is -2.18. The van der Waals surface area contributed by atoms with Crippen LogP contribution in [0, 0.1) is 5.41 Å². The number of fused-ring (bicyclic) bond motifs is 1. The van der Waals surface area contributed by atoms with Gasteiger partial charge in [-0.1, -0.05) is 51.1 Å². The molecule has 2 N–H and O–H groups in total. The molecule has 0 radical (unpaired) electrons. The Hall–Kier alpha value is -4.52. The first kappa shape index (κ1) is 26.5. The molecule has 194 valence electrons. The van der Waals surface area contributed by atoms with E-state index in [2.05, 4.69) is 15.8 Å². The third-order valence-corrected chi connectivity index (χ3v) is 5.97. The van der Waals surface area contributed by atoms with Crippen molar-refractivity contribution in [3.63, 3.8) is 0 Å². The highest BCUT2D eigenvalue weighted by atomic mass is 16.5. The average Bonchev–Trinajstić information content (AvgIpc) is 2.91. The summed E-state index contributed by atoms with van der Waals surface area (Å²) >= 11 is 0. The van der Waals surface area contributed by atoms with Crippen LogP contribution in [0.4, 0.5) is 5.69 Å². The molecule has 1 aromatic heterocycles. The van der Waals surface area contributed by atoms with Crippen LogP contribution in [0.5, 0.6) is 5.75 Å². The Balaban J connectivity index is 1.59. The molecule has 0 aliphatic carbocycles. The fraction of sp³-hybridized carbons (Fsp3) is 0.226. The van der Waals surface area contributed by atoms with Gasteiger partial charge in [0.2, 0.25) is 5.91 Å². The van der Waals surface area contributed by atoms with Gasteiger partial charge < -0.3 is 10.1 Å². The zero-order chi connectivity index (χ0) is 27.3. The van der Waals surface area contributed by atoms with E-state index in [1.165, 1.54) is 0 Å². The Labute approximate surface area is 222 Å². The summed E-state index contributed by atoms with van der Waals surface area (Å²) in [6.07, 6.45) is 0. The quantitative estimate of drug-likeness (QED) is 0.222. The van der Waals surface area contributed by atoms with E-state index in [0.717, 1.165) is 22.3 Å². The molecule has 0 unspecified atom stereocenters. The van der Waals surface area contributed by atoms with Gasteiger partial charge in [-0.05, 0) is 67.9 Å². The molecule has 0 fully saturated rings. The Morgan fingerprint density at radius 1 is 0.947 bits per heavy atom. The molecule has 0 saturated carbocycles. The maximum absolute atomic E-state index is 13.3. The first-order valence-electron chi connectivity index (χ1n) is 12.6. The molecule has 1 heterocycles. The molecule has 4 rings (SSSR count). The minimum atomic E-state index is -0.509. The first-order valence-corrected chi connectivity index (χ1v) is 12.6. The molecule has 7 heteroatoms. The zero-order valence-electron chi connectivity index (χ0n) is 22.3. The highest BCUT2D eigenvalue weighted by molar-refractivity contribution is 6.08. The fourth-order valence-electron chi connectivity index (χ4n) is 3.80. The molecule has 2 amide bonds. The third kappa shape index (κ3) is 6.24. The number of hydrogen-bond donors (Lipinski definition) is 2. The number of carbonyl (C=O) groups is 2. The number of hydrogen-bond acceptors (Lipinski definition) is 5. The van der Waals surface area contributed by atoms with E-state index in [1.807, 2.05) is 100 Å². The SMILES string of the molecule is CCOc1ccc(-c2cc(C(=O)N/N=C(\C)c3cccc(NC(=O)C(C)(C)C)c3)c3ccccc3n2)cc1. The lowest BCUT2D eigenvalue weighted by Crippen LogP contribution is -2.27. The van der Waals surface area contributed by atoms with Crippen LogP contribution in [0.3, 0.4) is 0 Å². The number of aromatic nitrogens is 1. The van der Waals surface area contributed by atoms with Crippen molar-refractivity contribution in [2.75, 3.05) is 11.9 Å². The number of rotatable bonds is 7. The number of amides is 2. The summed E-state index contributed by atoms with van der Waals surface area (Å²) in [5.74, 6) is 0.361. The number of pyridine rings is 1. The van der Waals surface area contributed by atoms with Crippen molar-refractivity contribution in [1.29, 1.82) is 0 Å². The van der Waals surface area contributed by atoms with Gasteiger partial charge in [-0.15, -0.1) is 0 Å². The van der Waals surface area contributed by atoms with Gasteiger partial charge in [0, 0.05) is 22.1 Å². The molecule has 4 aromatic rings. The maximum atomic E-state index is 13.3. The first-order chi connectivity index (χ1) is 18.2. The highest BCUT2D eigenvalue weighted by Crippen LogP contribution is 2.26. The van der Waals surface area contributed by atoms with Crippen LogP contribution in [0.2, 0.25) is 0 Å². The molecule has 3 aromatic carbocycles. The van der Waals surface area contributed by atoms with Crippen molar-refractivity contribution in [2.24, 2.45) is 10.5 Å². The third-order valence-electron chi connectivity index (χ3n) is 5.97. The number of para-hydroxylation sites is 1. The van der Waals surface area contributed by atoms with Crippen LogP contribution < -0.4 is 15.5 Å². The lowest BCUT2D eigenvalue weighted by atomic mass is 9.95. The second-order valence-electron chi connectivity index (χ2n) is 9.95. The van der Waals surface area contributed by atoms with E-state index in [4.69, 9.17) is 9.72 Å². The second kappa shape index (κ2) is 11.3. The van der Waals surface area contributed by atoms with Gasteiger partial charge >= 0.3 is 0 Å². The molecule has 0 bridgehead atoms. The fourth-order valence-corrected chi connectivity index (χ4v) is 3.80. The standard InChI is InChI=1S/C31H32N4O3/c1-6-38-24-16-14-21(15-17-24)28-19-26(25-12-7-8-13-27(25)33-28)29(36)35-34-20(2)22-10-9-11-23(18-22)32-30(37)31(3,4)5/h7-19H,6H2,1-5H3,(H,32,37)(H,35,36)/b34-20+. The summed E-state index contributed by atoms with van der Waals surface area (Å²) in [4.78, 5) is 30.4. The summed E-state index contributed by atoms with van der Waals surface area (Å²) in [6.45, 7) is 9.92. The predicted molar refractivity (Wildman–Crippen MR) is 153 cm³/mol. The summed E-state index contributed by atoms with van der Waals surface area (Å²) in [5.41, 5.74) is 6.99. The molecule has 0 spiro atoms. The van der Waals surface area contributed by atoms with E-state index in [-0.39, 0.29) is 11.8 Å². The molecule has 7 nitrogen and oxygen atoms in total. The van der Waals surface area contributed by atoms with E-state index >= 15 is 0 Å². The van der Waals surface area contributed by atoms with E-state index < -0.39 is 5.41 Å². The van der Waals surface area contributed by atoms with Gasteiger partial charge in [-0.25, -0.2) is 10.4 Å². The van der Waals surface area contributed by atoms with E-state index in [1.54, 1.807) is 13.0 Å². The minimum absolute atomic E-state index is 0.0783. The molecule has 0 saturated heterocycles. The molecule has 0 aliphatic heterocycles. The molecular formula is C31H32N4O3. The Morgan fingerprint density at radius 2 is 1.68 bits per heavy atom. The molecule has 0 aliphatic rings. The minimum Gasteiger partial charge on any atom is -0.494 e. The smallest absolute Gasteiger partial charge is 0.272 e. The number of anilines is 1. The van der Waals surface area contributed by atoms with Crippen molar-refractivity contribution >= 4 is 34.1 Å². The summed E-state index contributed by atoms with van der Waals surface area (Å²) in [5, 5.41) is 8.01. The molecular weight excluding hydrogens is 476 g/mol. The van der Waals surface area contributed by atoms with Crippen LogP contribution in [0.1, 0.15) is 50.5 Å². The number of carbonyl (C=O) groups excluding carboxylic acids is 2. The van der Waals surface area contributed by atoms with Crippen molar-refractivity contribution < 1.29 is 14.3 Å². The van der Waals surface area contributed by atoms with Crippen molar-refractivity contribution in [2.45, 2.75) is 34.6 Å². The van der Waals surface area contributed by atoms with Gasteiger partial charge in [0.05, 0.1) is 29.1 Å². The van der Waals surface area contributed by atoms with Gasteiger partial charge in [0.25, 0.3) is 5.91 Å². The van der Waals surface area contributed by atoms with E-state index in [0.29, 0.717) is 34.8 Å². The monoisotopic (exact) mass is 508 g/mol. The van der Waals surface area contributed by atoms with Gasteiger partial charge in [-0.3, -0.25) is 9.59 Å². The largest absolute Gasteiger partial charge is 0.494 e. The lowest BCUT2D eigenvalue weighted by molar-refractivity contribution is -0.123. The number of benzene rings is 3. The van der Waals surface area contributed by atoms with Crippen LogP contribution >= 0.6 is 0 Å². The topological polar surface area (TPSA) is 92.7 Å². The summed E-state index contributed by atoms with van der Waals surface area (Å²) in [6, 6.07) is 24.3. The van der Waals surface area contributed by atoms with Gasteiger partial charge in [0.1, 0.15) is 5.75 Å². The highest BCUT2D eigenvalue weighted by Gasteiger charge is 2.21. The van der Waals surface area contributed by atoms with Gasteiger partial charge in [-0.2, -0.15) is 5.10 Å². The van der Waals surface area contributed by atoms with Crippen LogP contribution in [0.25, 0.3) is 22.2 Å². The number of nitrogens with zero attached hydrogens (tertiary/aromatic N) is 2. The van der Waals surface area contributed by atoms with Crippen molar-refractivity contribution in [3.8, 4) is 17.0 Å². The maximum Gasteiger partial charge on any atom is 0.272 e. The normalized spacial score (nSPS) is 11.8. The number of nitrogens with one attached hydrogen (secondary N) is 2. The van der Waals surface area contributed by atoms with Crippen LogP contribution in [-0.4, -0.2) is 29.1 Å². The van der Waals surface area contributed by atoms with Crippen molar-refractivity contribution in [1.82, 2.24) is 10.4 Å². The van der Waals surface area contributed by atoms with E-state index in [9.17, 15) is 9.59 Å². The number of hydrazone groups is 1.